The number of aliphatic hydroxyl groups excluding tert-OH is 2. The Bertz CT molecular complexity index is 1320. The number of carbonyl (C=O) groups excluding carboxylic acids is 2. The highest BCUT2D eigenvalue weighted by Gasteiger charge is 2.26. The van der Waals surface area contributed by atoms with Crippen LogP contribution in [0.15, 0.2) is 97.2 Å². The monoisotopic (exact) mass is 848 g/mol. The highest BCUT2D eigenvalue weighted by Crippen LogP contribution is 2.43. The van der Waals surface area contributed by atoms with Gasteiger partial charge in [0.05, 0.1) is 25.4 Å². The lowest BCUT2D eigenvalue weighted by Crippen LogP contribution is -2.30. The Morgan fingerprint density at radius 3 is 1.64 bits per heavy atom. The summed E-state index contributed by atoms with van der Waals surface area (Å²) < 4.78 is 32.6. The molecule has 0 heterocycles. The Morgan fingerprint density at radius 2 is 1.10 bits per heavy atom. The minimum Gasteiger partial charge on any atom is -0.462 e. The van der Waals surface area contributed by atoms with Crippen molar-refractivity contribution in [2.75, 3.05) is 26.4 Å². The number of esters is 2. The Hall–Kier alpha value is -3.15. The molecule has 0 aromatic heterocycles. The number of nitrogens with two attached hydrogens (primary N) is 1. The number of ether oxygens (including phenoxy) is 2. The largest absolute Gasteiger partial charge is 0.472 e. The minimum atomic E-state index is -4.46. The molecule has 0 aromatic rings. The van der Waals surface area contributed by atoms with Gasteiger partial charge in [-0.3, -0.25) is 18.6 Å². The molecule has 12 heteroatoms. The van der Waals surface area contributed by atoms with Crippen molar-refractivity contribution in [2.45, 2.75) is 161 Å². The fraction of sp³-hybridized carbons (Fsp3) is 0.617. The van der Waals surface area contributed by atoms with Crippen molar-refractivity contribution in [3.63, 3.8) is 0 Å². The highest BCUT2D eigenvalue weighted by molar-refractivity contribution is 7.47. The van der Waals surface area contributed by atoms with Crippen LogP contribution in [0.1, 0.15) is 142 Å². The molecule has 0 fully saturated rings. The first-order valence-corrected chi connectivity index (χ1v) is 23.4. The Kier molecular flexibility index (Phi) is 39.4. The molecule has 0 amide bonds. The molecular formula is C47H78NO10P. The molecule has 4 atom stereocenters. The lowest BCUT2D eigenvalue weighted by atomic mass is 10.0. The van der Waals surface area contributed by atoms with Crippen LogP contribution in [0.3, 0.4) is 0 Å². The summed E-state index contributed by atoms with van der Waals surface area (Å²) in [7, 11) is -4.46. The first kappa shape index (κ1) is 55.9. The summed E-state index contributed by atoms with van der Waals surface area (Å²) in [6.07, 6.45) is 46.1. The average molecular weight is 848 g/mol. The Morgan fingerprint density at radius 1 is 0.593 bits per heavy atom. The fourth-order valence-corrected chi connectivity index (χ4v) is 6.06. The first-order chi connectivity index (χ1) is 28.6. The van der Waals surface area contributed by atoms with E-state index in [0.29, 0.717) is 6.42 Å². The summed E-state index contributed by atoms with van der Waals surface area (Å²) in [4.78, 5) is 34.9. The summed E-state index contributed by atoms with van der Waals surface area (Å²) >= 11 is 0. The molecule has 3 unspecified atom stereocenters. The number of hydrogen-bond acceptors (Lipinski definition) is 10. The molecule has 0 spiro atoms. The molecule has 0 radical (unpaired) electrons. The zero-order valence-corrected chi connectivity index (χ0v) is 37.1. The summed E-state index contributed by atoms with van der Waals surface area (Å²) in [6.45, 7) is 3.19. The van der Waals surface area contributed by atoms with Gasteiger partial charge in [-0.15, -0.1) is 0 Å². The second-order valence-electron chi connectivity index (χ2n) is 14.1. The van der Waals surface area contributed by atoms with Gasteiger partial charge in [0.15, 0.2) is 6.10 Å². The van der Waals surface area contributed by atoms with Crippen LogP contribution in [0, 0.1) is 0 Å². The van der Waals surface area contributed by atoms with Gasteiger partial charge >= 0.3 is 19.8 Å². The SMILES string of the molecule is CC/C=C\C/C=C\C/C=C\C/C=C\C/C=C\CCCCCC(=O)O[C@H](COC(=O)CCCC(O)C(O)C/C=C\C/C=C\C/C=C\CCCCC)COP(=O)(O)OCCN. The van der Waals surface area contributed by atoms with Crippen molar-refractivity contribution in [3.05, 3.63) is 97.2 Å². The number of carbonyl (C=O) groups is 2. The summed E-state index contributed by atoms with van der Waals surface area (Å²) in [5, 5.41) is 20.7. The maximum atomic E-state index is 12.6. The van der Waals surface area contributed by atoms with Crippen molar-refractivity contribution in [2.24, 2.45) is 5.73 Å². The molecule has 0 bridgehead atoms. The van der Waals surface area contributed by atoms with Crippen LogP contribution in [-0.4, -0.2) is 71.7 Å². The van der Waals surface area contributed by atoms with E-state index in [1.807, 2.05) is 12.2 Å². The molecular weight excluding hydrogens is 769 g/mol. The van der Waals surface area contributed by atoms with Crippen molar-refractivity contribution >= 4 is 19.8 Å². The second kappa shape index (κ2) is 41.6. The Labute approximate surface area is 356 Å². The molecule has 336 valence electrons. The van der Waals surface area contributed by atoms with Crippen molar-refractivity contribution in [3.8, 4) is 0 Å². The lowest BCUT2D eigenvalue weighted by molar-refractivity contribution is -0.161. The fourth-order valence-electron chi connectivity index (χ4n) is 5.29. The molecule has 11 nitrogen and oxygen atoms in total. The van der Waals surface area contributed by atoms with E-state index in [-0.39, 0.29) is 45.3 Å². The molecule has 0 rings (SSSR count). The van der Waals surface area contributed by atoms with Gasteiger partial charge in [-0.2, -0.15) is 0 Å². The van der Waals surface area contributed by atoms with Gasteiger partial charge in [-0.25, -0.2) is 4.57 Å². The van der Waals surface area contributed by atoms with Crippen LogP contribution >= 0.6 is 7.82 Å². The van der Waals surface area contributed by atoms with Crippen LogP contribution < -0.4 is 5.73 Å². The zero-order chi connectivity index (χ0) is 43.5. The zero-order valence-electron chi connectivity index (χ0n) is 36.2. The molecule has 5 N–H and O–H groups in total. The summed E-state index contributed by atoms with van der Waals surface area (Å²) in [5.41, 5.74) is 5.33. The van der Waals surface area contributed by atoms with E-state index < -0.39 is 51.3 Å². The van der Waals surface area contributed by atoms with Gasteiger partial charge in [-0.1, -0.05) is 130 Å². The highest BCUT2D eigenvalue weighted by atomic mass is 31.2. The van der Waals surface area contributed by atoms with Gasteiger partial charge in [0.1, 0.15) is 6.61 Å². The molecule has 0 aromatic carbocycles. The van der Waals surface area contributed by atoms with E-state index in [0.717, 1.165) is 70.6 Å². The lowest BCUT2D eigenvalue weighted by Gasteiger charge is -2.20. The molecule has 0 aliphatic carbocycles. The third-order valence-corrected chi connectivity index (χ3v) is 9.64. The predicted molar refractivity (Wildman–Crippen MR) is 240 cm³/mol. The van der Waals surface area contributed by atoms with E-state index >= 15 is 0 Å². The molecule has 0 saturated heterocycles. The van der Waals surface area contributed by atoms with Crippen LogP contribution in [0.5, 0.6) is 0 Å². The molecule has 0 saturated carbocycles. The first-order valence-electron chi connectivity index (χ1n) is 21.9. The van der Waals surface area contributed by atoms with Crippen LogP contribution in [0.4, 0.5) is 0 Å². The van der Waals surface area contributed by atoms with Crippen LogP contribution in [0.25, 0.3) is 0 Å². The maximum Gasteiger partial charge on any atom is 0.472 e. The molecule has 0 aliphatic heterocycles. The van der Waals surface area contributed by atoms with Gasteiger partial charge in [-0.05, 0) is 96.3 Å². The third-order valence-electron chi connectivity index (χ3n) is 8.65. The van der Waals surface area contributed by atoms with E-state index in [1.165, 1.54) is 19.3 Å². The summed E-state index contributed by atoms with van der Waals surface area (Å²) in [5.74, 6) is -1.16. The predicted octanol–water partition coefficient (Wildman–Crippen LogP) is 10.5. The van der Waals surface area contributed by atoms with E-state index in [1.54, 1.807) is 0 Å². The van der Waals surface area contributed by atoms with Crippen molar-refractivity contribution in [1.29, 1.82) is 0 Å². The Balaban J connectivity index is 4.48. The van der Waals surface area contributed by atoms with E-state index in [9.17, 15) is 29.3 Å². The number of allylic oxidation sites excluding steroid dienone is 15. The smallest absolute Gasteiger partial charge is 0.462 e. The quantitative estimate of drug-likeness (QED) is 0.0200. The number of aliphatic hydroxyl groups is 2. The third kappa shape index (κ3) is 40.0. The minimum absolute atomic E-state index is 0.00259. The van der Waals surface area contributed by atoms with Gasteiger partial charge < -0.3 is 30.3 Å². The topological polar surface area (TPSA) is 175 Å². The average Bonchev–Trinajstić information content (AvgIpc) is 3.22. The standard InChI is InChI=1S/C47H78NO10P/c1-3-5-7-9-11-13-15-17-18-19-20-21-22-23-25-27-29-31-33-37-47(52)58-43(42-57-59(53,54)56-40-39-48)41-55-46(51)38-34-36-45(50)44(49)35-32-30-28-26-24-16-14-12-10-8-6-4-2/h5,7,11-14,17-18,20-21,23-26,30,32,43-45,49-50H,3-4,6,8-10,15-16,19,22,27-29,31,33-42,48H2,1-2H3,(H,53,54)/b7-5-,13-11-,14-12-,18-17-,21-20-,25-23-,26-24-,32-30-/t43-,44?,45?/m1/s1. The number of hydrogen-bond donors (Lipinski definition) is 4. The number of phosphoric ester groups is 1. The van der Waals surface area contributed by atoms with Gasteiger partial charge in [0, 0.05) is 19.4 Å². The molecule has 0 aliphatic rings. The maximum absolute atomic E-state index is 12.6. The second-order valence-corrected chi connectivity index (χ2v) is 15.6. The summed E-state index contributed by atoms with van der Waals surface area (Å²) in [6, 6.07) is 0. The van der Waals surface area contributed by atoms with Crippen LogP contribution in [0.2, 0.25) is 0 Å². The van der Waals surface area contributed by atoms with Gasteiger partial charge in [0.25, 0.3) is 0 Å². The van der Waals surface area contributed by atoms with Crippen molar-refractivity contribution < 1.29 is 47.8 Å². The van der Waals surface area contributed by atoms with E-state index in [4.69, 9.17) is 24.3 Å². The number of rotatable bonds is 39. The number of phosphoric acid groups is 1. The van der Waals surface area contributed by atoms with Crippen LogP contribution in [-0.2, 0) is 32.7 Å². The molecule has 59 heavy (non-hydrogen) atoms. The number of unbranched alkanes of at least 4 members (excludes halogenated alkanes) is 6. The normalized spacial score (nSPS) is 15.3. The van der Waals surface area contributed by atoms with Gasteiger partial charge in [0.2, 0.25) is 0 Å². The van der Waals surface area contributed by atoms with E-state index in [2.05, 4.69) is 98.9 Å². The van der Waals surface area contributed by atoms with Crippen molar-refractivity contribution in [1.82, 2.24) is 0 Å².